The molecule has 1 aromatic heterocycles. The Morgan fingerprint density at radius 3 is 2.57 bits per heavy atom. The number of amides is 1. The topological polar surface area (TPSA) is 64.3 Å². The molecule has 2 aliphatic heterocycles. The van der Waals surface area contributed by atoms with Crippen molar-refractivity contribution < 1.29 is 9.21 Å². The van der Waals surface area contributed by atoms with Gasteiger partial charge in [-0.15, -0.1) is 30.6 Å². The Hall–Kier alpha value is -1.55. The van der Waals surface area contributed by atoms with Gasteiger partial charge < -0.3 is 19.5 Å². The SMILES string of the molecule is C=CCNC(=NCCc1ccco1)N1CCN(CC(=O)N2CCCC2)CC1.I. The van der Waals surface area contributed by atoms with Crippen molar-refractivity contribution in [3.8, 4) is 0 Å². The summed E-state index contributed by atoms with van der Waals surface area (Å²) in [6.45, 7) is 11.1. The molecular weight excluding hydrogens is 469 g/mol. The van der Waals surface area contributed by atoms with Gasteiger partial charge in [0.05, 0.1) is 12.8 Å². The highest BCUT2D eigenvalue weighted by atomic mass is 127. The van der Waals surface area contributed by atoms with Gasteiger partial charge in [0.25, 0.3) is 0 Å². The van der Waals surface area contributed by atoms with E-state index < -0.39 is 0 Å². The predicted molar refractivity (Wildman–Crippen MR) is 122 cm³/mol. The van der Waals surface area contributed by atoms with E-state index in [4.69, 9.17) is 9.41 Å². The molecule has 1 N–H and O–H groups in total. The van der Waals surface area contributed by atoms with Gasteiger partial charge in [-0.3, -0.25) is 14.7 Å². The molecule has 0 bridgehead atoms. The van der Waals surface area contributed by atoms with E-state index in [0.29, 0.717) is 19.6 Å². The molecule has 0 atom stereocenters. The molecule has 7 nitrogen and oxygen atoms in total. The predicted octanol–water partition coefficient (Wildman–Crippen LogP) is 1.81. The average molecular weight is 501 g/mol. The van der Waals surface area contributed by atoms with Crippen molar-refractivity contribution in [1.29, 1.82) is 0 Å². The first-order valence-electron chi connectivity index (χ1n) is 9.93. The highest BCUT2D eigenvalue weighted by molar-refractivity contribution is 14.0. The van der Waals surface area contributed by atoms with E-state index >= 15 is 0 Å². The summed E-state index contributed by atoms with van der Waals surface area (Å²) in [6, 6.07) is 3.88. The number of nitrogens with zero attached hydrogens (tertiary/aromatic N) is 4. The highest BCUT2D eigenvalue weighted by Gasteiger charge is 2.24. The summed E-state index contributed by atoms with van der Waals surface area (Å²) in [5.41, 5.74) is 0. The van der Waals surface area contributed by atoms with Gasteiger partial charge in [0.1, 0.15) is 5.76 Å². The molecule has 1 amide bonds. The molecule has 0 saturated carbocycles. The van der Waals surface area contributed by atoms with Crippen LogP contribution in [0.4, 0.5) is 0 Å². The molecule has 3 heterocycles. The molecule has 0 aliphatic carbocycles. The fourth-order valence-electron chi connectivity index (χ4n) is 3.53. The Balaban J connectivity index is 0.00000280. The number of likely N-dealkylation sites (tertiary alicyclic amines) is 1. The third-order valence-electron chi connectivity index (χ3n) is 5.09. The first kappa shape index (κ1) is 22.7. The lowest BCUT2D eigenvalue weighted by atomic mass is 10.3. The quantitative estimate of drug-likeness (QED) is 0.267. The molecular formula is C20H32IN5O2. The Labute approximate surface area is 184 Å². The summed E-state index contributed by atoms with van der Waals surface area (Å²) in [6.07, 6.45) is 6.61. The van der Waals surface area contributed by atoms with Crippen LogP contribution in [0.1, 0.15) is 18.6 Å². The zero-order valence-corrected chi connectivity index (χ0v) is 18.8. The van der Waals surface area contributed by atoms with Crippen LogP contribution in [-0.2, 0) is 11.2 Å². The molecule has 156 valence electrons. The van der Waals surface area contributed by atoms with E-state index in [1.165, 1.54) is 0 Å². The number of carbonyl (C=O) groups excluding carboxylic acids is 1. The van der Waals surface area contributed by atoms with Crippen molar-refractivity contribution >= 4 is 35.8 Å². The average Bonchev–Trinajstić information content (AvgIpc) is 3.39. The molecule has 28 heavy (non-hydrogen) atoms. The van der Waals surface area contributed by atoms with E-state index in [9.17, 15) is 4.79 Å². The fraction of sp³-hybridized carbons (Fsp3) is 0.600. The van der Waals surface area contributed by atoms with Crippen LogP contribution in [0.5, 0.6) is 0 Å². The first-order chi connectivity index (χ1) is 13.3. The van der Waals surface area contributed by atoms with Crippen LogP contribution in [0.25, 0.3) is 0 Å². The highest BCUT2D eigenvalue weighted by Crippen LogP contribution is 2.09. The molecule has 0 unspecified atom stereocenters. The standard InChI is InChI=1S/C20H31N5O2.HI/c1-2-8-21-20(22-9-7-18-6-5-16-27-18)25-14-12-23(13-15-25)17-19(26)24-10-3-4-11-24;/h2,5-6,16H,1,3-4,7-15,17H2,(H,21,22);1H. The number of halogens is 1. The number of furan rings is 1. The molecule has 1 aromatic rings. The van der Waals surface area contributed by atoms with Crippen LogP contribution >= 0.6 is 24.0 Å². The van der Waals surface area contributed by atoms with Crippen LogP contribution in [0.2, 0.25) is 0 Å². The maximum Gasteiger partial charge on any atom is 0.236 e. The zero-order valence-electron chi connectivity index (χ0n) is 16.5. The summed E-state index contributed by atoms with van der Waals surface area (Å²) >= 11 is 0. The van der Waals surface area contributed by atoms with Crippen molar-refractivity contribution in [2.75, 3.05) is 58.9 Å². The van der Waals surface area contributed by atoms with Crippen LogP contribution in [0.3, 0.4) is 0 Å². The zero-order chi connectivity index (χ0) is 18.9. The summed E-state index contributed by atoms with van der Waals surface area (Å²) in [4.78, 5) is 23.6. The number of aliphatic imine (C=N–C) groups is 1. The Morgan fingerprint density at radius 1 is 1.18 bits per heavy atom. The number of hydrogen-bond acceptors (Lipinski definition) is 4. The number of nitrogens with one attached hydrogen (secondary N) is 1. The smallest absolute Gasteiger partial charge is 0.236 e. The van der Waals surface area contributed by atoms with Crippen LogP contribution in [0.15, 0.2) is 40.5 Å². The first-order valence-corrected chi connectivity index (χ1v) is 9.93. The van der Waals surface area contributed by atoms with Crippen LogP contribution in [-0.4, -0.2) is 85.5 Å². The summed E-state index contributed by atoms with van der Waals surface area (Å²) < 4.78 is 5.37. The van der Waals surface area contributed by atoms with E-state index in [0.717, 1.165) is 70.3 Å². The normalized spacial score (nSPS) is 18.1. The van der Waals surface area contributed by atoms with Gasteiger partial charge in [-0.05, 0) is 25.0 Å². The molecule has 8 heteroatoms. The fourth-order valence-corrected chi connectivity index (χ4v) is 3.53. The summed E-state index contributed by atoms with van der Waals surface area (Å²) in [5.74, 6) is 2.14. The van der Waals surface area contributed by atoms with E-state index in [2.05, 4.69) is 21.7 Å². The van der Waals surface area contributed by atoms with Crippen molar-refractivity contribution in [3.63, 3.8) is 0 Å². The minimum absolute atomic E-state index is 0. The lowest BCUT2D eigenvalue weighted by molar-refractivity contribution is -0.131. The molecule has 0 aromatic carbocycles. The molecule has 2 fully saturated rings. The van der Waals surface area contributed by atoms with Gasteiger partial charge in [0.15, 0.2) is 5.96 Å². The van der Waals surface area contributed by atoms with Crippen LogP contribution < -0.4 is 5.32 Å². The maximum atomic E-state index is 12.3. The van der Waals surface area contributed by atoms with Gasteiger partial charge in [0, 0.05) is 58.8 Å². The van der Waals surface area contributed by atoms with Gasteiger partial charge in [-0.2, -0.15) is 0 Å². The lowest BCUT2D eigenvalue weighted by Crippen LogP contribution is -2.54. The number of rotatable bonds is 7. The third kappa shape index (κ3) is 6.80. The van der Waals surface area contributed by atoms with Crippen molar-refractivity contribution in [3.05, 3.63) is 36.8 Å². The molecule has 2 aliphatic rings. The molecule has 3 rings (SSSR count). The van der Waals surface area contributed by atoms with E-state index in [1.54, 1.807) is 6.26 Å². The van der Waals surface area contributed by atoms with Crippen LogP contribution in [0, 0.1) is 0 Å². The maximum absolute atomic E-state index is 12.3. The minimum atomic E-state index is 0. The van der Waals surface area contributed by atoms with E-state index in [1.807, 2.05) is 23.1 Å². The summed E-state index contributed by atoms with van der Waals surface area (Å²) in [7, 11) is 0. The third-order valence-corrected chi connectivity index (χ3v) is 5.09. The summed E-state index contributed by atoms with van der Waals surface area (Å²) in [5, 5.41) is 3.35. The minimum Gasteiger partial charge on any atom is -0.469 e. The Bertz CT molecular complexity index is 621. The number of hydrogen-bond donors (Lipinski definition) is 1. The van der Waals surface area contributed by atoms with Gasteiger partial charge in [-0.1, -0.05) is 6.08 Å². The lowest BCUT2D eigenvalue weighted by Gasteiger charge is -2.36. The molecule has 0 spiro atoms. The van der Waals surface area contributed by atoms with Crippen molar-refractivity contribution in [2.45, 2.75) is 19.3 Å². The largest absolute Gasteiger partial charge is 0.469 e. The molecule has 0 radical (unpaired) electrons. The molecule has 2 saturated heterocycles. The van der Waals surface area contributed by atoms with E-state index in [-0.39, 0.29) is 29.9 Å². The second kappa shape index (κ2) is 12.1. The number of guanidine groups is 1. The Morgan fingerprint density at radius 2 is 1.93 bits per heavy atom. The monoisotopic (exact) mass is 501 g/mol. The van der Waals surface area contributed by atoms with Crippen molar-refractivity contribution in [2.24, 2.45) is 4.99 Å². The Kier molecular flexibility index (Phi) is 9.83. The van der Waals surface area contributed by atoms with Gasteiger partial charge in [0.2, 0.25) is 5.91 Å². The number of piperazine rings is 1. The van der Waals surface area contributed by atoms with Gasteiger partial charge in [-0.25, -0.2) is 0 Å². The second-order valence-electron chi connectivity index (χ2n) is 7.06. The second-order valence-corrected chi connectivity index (χ2v) is 7.06. The van der Waals surface area contributed by atoms with Crippen molar-refractivity contribution in [1.82, 2.24) is 20.0 Å². The van der Waals surface area contributed by atoms with Gasteiger partial charge >= 0.3 is 0 Å². The number of carbonyl (C=O) groups is 1.